The van der Waals surface area contributed by atoms with Crippen LogP contribution in [0.15, 0.2) is 52.2 Å². The molecule has 17 nitrogen and oxygen atoms in total. The van der Waals surface area contributed by atoms with E-state index in [1.807, 2.05) is 4.98 Å². The van der Waals surface area contributed by atoms with Crippen LogP contribution in [0.1, 0.15) is 6.23 Å². The SMILES string of the molecule is O=c1ccn([C@@H]2O[C@H](COP(=O)(O)OP(=O)(O)OP(=O)(O)Oc3ccccc3)[C@@H](O)[C@H]2O)c(=O)[nH]1. The van der Waals surface area contributed by atoms with Gasteiger partial charge < -0.3 is 29.3 Å². The van der Waals surface area contributed by atoms with E-state index in [2.05, 4.69) is 17.7 Å². The lowest BCUT2D eigenvalue weighted by atomic mass is 10.1. The van der Waals surface area contributed by atoms with E-state index in [9.17, 15) is 48.2 Å². The standard InChI is InChI=1S/C15H19N2O15P3/c18-11-6-7-17(15(21)16-11)14-13(20)12(19)10(29-14)8-28-33(22,23)31-35(26,27)32-34(24,25)30-9-4-2-1-3-5-9/h1-7,10,12-14,19-20H,8H2,(H,22,23)(H,24,25)(H,26,27)(H,16,18,21)/t10-,12-,13-,14-/m1/s1. The van der Waals surface area contributed by atoms with E-state index in [1.165, 1.54) is 24.3 Å². The lowest BCUT2D eigenvalue weighted by molar-refractivity contribution is -0.0542. The number of nitrogens with zero attached hydrogens (tertiary/aromatic N) is 1. The van der Waals surface area contributed by atoms with Gasteiger partial charge in [0.05, 0.1) is 6.61 Å². The first-order chi connectivity index (χ1) is 16.2. The Morgan fingerprint density at radius 1 is 0.914 bits per heavy atom. The van der Waals surface area contributed by atoms with Gasteiger partial charge in [0.15, 0.2) is 6.23 Å². The maximum Gasteiger partial charge on any atom is 0.536 e. The zero-order chi connectivity index (χ0) is 26.0. The average Bonchev–Trinajstić information content (AvgIpc) is 2.99. The number of aliphatic hydroxyl groups excluding tert-OH is 2. The van der Waals surface area contributed by atoms with E-state index in [1.54, 1.807) is 6.07 Å². The summed E-state index contributed by atoms with van der Waals surface area (Å²) in [4.78, 5) is 53.8. The molecule has 0 spiro atoms. The van der Waals surface area contributed by atoms with Crippen LogP contribution in [0.25, 0.3) is 0 Å². The first kappa shape index (κ1) is 27.6. The van der Waals surface area contributed by atoms with Crippen molar-refractivity contribution in [2.75, 3.05) is 6.61 Å². The Labute approximate surface area is 194 Å². The Hall–Kier alpha value is -1.97. The number of hydrogen-bond donors (Lipinski definition) is 6. The summed E-state index contributed by atoms with van der Waals surface area (Å²) in [5.41, 5.74) is -1.73. The molecule has 0 radical (unpaired) electrons. The number of nitrogens with one attached hydrogen (secondary N) is 1. The molecule has 3 rings (SSSR count). The quantitative estimate of drug-likeness (QED) is 0.202. The van der Waals surface area contributed by atoms with Crippen LogP contribution in [0, 0.1) is 0 Å². The van der Waals surface area contributed by atoms with Crippen LogP contribution in [0.5, 0.6) is 5.75 Å². The maximum absolute atomic E-state index is 12.1. The van der Waals surface area contributed by atoms with Crippen molar-refractivity contribution in [1.29, 1.82) is 0 Å². The number of ether oxygens (including phenoxy) is 1. The molecule has 0 saturated carbocycles. The van der Waals surface area contributed by atoms with Gasteiger partial charge in [-0.1, -0.05) is 18.2 Å². The van der Waals surface area contributed by atoms with Gasteiger partial charge in [-0.25, -0.2) is 18.5 Å². The number of aliphatic hydroxyl groups is 2. The van der Waals surface area contributed by atoms with E-state index in [4.69, 9.17) is 4.74 Å². The van der Waals surface area contributed by atoms with Crippen LogP contribution >= 0.6 is 23.5 Å². The minimum absolute atomic E-state index is 0.233. The van der Waals surface area contributed by atoms with Crippen LogP contribution < -0.4 is 15.8 Å². The van der Waals surface area contributed by atoms with Crippen molar-refractivity contribution in [1.82, 2.24) is 9.55 Å². The molecule has 1 fully saturated rings. The Morgan fingerprint density at radius 2 is 1.54 bits per heavy atom. The van der Waals surface area contributed by atoms with Gasteiger partial charge in [0.25, 0.3) is 5.56 Å². The third-order valence-corrected chi connectivity index (χ3v) is 8.46. The molecule has 3 unspecified atom stereocenters. The molecular formula is C15H19N2O15P3. The summed E-state index contributed by atoms with van der Waals surface area (Å²) in [7, 11) is -16.6. The molecule has 2 heterocycles. The summed E-state index contributed by atoms with van der Waals surface area (Å²) < 4.78 is 58.7. The average molecular weight is 560 g/mol. The number of phosphoric acid groups is 3. The number of aromatic nitrogens is 2. The van der Waals surface area contributed by atoms with Gasteiger partial charge in [-0.15, -0.1) is 0 Å². The number of rotatable bonds is 10. The van der Waals surface area contributed by atoms with Gasteiger partial charge in [0.1, 0.15) is 24.1 Å². The van der Waals surface area contributed by atoms with E-state index >= 15 is 0 Å². The van der Waals surface area contributed by atoms with Crippen molar-refractivity contribution in [3.63, 3.8) is 0 Å². The molecule has 194 valence electrons. The highest BCUT2D eigenvalue weighted by Gasteiger charge is 2.47. The van der Waals surface area contributed by atoms with E-state index < -0.39 is 65.9 Å². The molecule has 1 aromatic carbocycles. The van der Waals surface area contributed by atoms with Crippen LogP contribution in [-0.4, -0.2) is 59.4 Å². The molecular weight excluding hydrogens is 541 g/mol. The van der Waals surface area contributed by atoms with Crippen LogP contribution in [-0.2, 0) is 31.6 Å². The molecule has 1 aliphatic rings. The highest BCUT2D eigenvalue weighted by atomic mass is 31.3. The van der Waals surface area contributed by atoms with Gasteiger partial charge in [0, 0.05) is 12.3 Å². The topological polar surface area (TPSA) is 253 Å². The summed E-state index contributed by atoms with van der Waals surface area (Å²) in [6, 6.07) is 7.73. The van der Waals surface area contributed by atoms with Crippen LogP contribution in [0.3, 0.4) is 0 Å². The maximum atomic E-state index is 12.1. The highest BCUT2D eigenvalue weighted by molar-refractivity contribution is 7.67. The predicted octanol–water partition coefficient (Wildman–Crippen LogP) is -0.414. The van der Waals surface area contributed by atoms with Crippen molar-refractivity contribution in [2.45, 2.75) is 24.5 Å². The molecule has 0 aliphatic carbocycles. The molecule has 7 atom stereocenters. The first-order valence-electron chi connectivity index (χ1n) is 9.31. The number of hydrogen-bond acceptors (Lipinski definition) is 12. The summed E-state index contributed by atoms with van der Waals surface area (Å²) in [5.74, 6) is -0.233. The van der Waals surface area contributed by atoms with Crippen molar-refractivity contribution in [2.24, 2.45) is 0 Å². The summed E-state index contributed by atoms with van der Waals surface area (Å²) in [5, 5.41) is 20.2. The second kappa shape index (κ2) is 10.6. The summed E-state index contributed by atoms with van der Waals surface area (Å²) in [6.07, 6.45) is -5.68. The lowest BCUT2D eigenvalue weighted by Crippen LogP contribution is -2.37. The Morgan fingerprint density at radius 3 is 2.17 bits per heavy atom. The predicted molar refractivity (Wildman–Crippen MR) is 112 cm³/mol. The van der Waals surface area contributed by atoms with Crippen LogP contribution in [0.4, 0.5) is 0 Å². The molecule has 6 N–H and O–H groups in total. The van der Waals surface area contributed by atoms with Crippen molar-refractivity contribution in [3.05, 3.63) is 63.4 Å². The summed E-state index contributed by atoms with van der Waals surface area (Å²) >= 11 is 0. The number of para-hydroxylation sites is 1. The van der Waals surface area contributed by atoms with Gasteiger partial charge in [-0.3, -0.25) is 23.8 Å². The highest BCUT2D eigenvalue weighted by Crippen LogP contribution is 2.67. The van der Waals surface area contributed by atoms with Crippen LogP contribution in [0.2, 0.25) is 0 Å². The number of phosphoric ester groups is 2. The molecule has 2 aromatic rings. The normalized spacial score (nSPS) is 27.5. The van der Waals surface area contributed by atoms with Crippen molar-refractivity contribution < 1.29 is 61.0 Å². The second-order valence-electron chi connectivity index (χ2n) is 6.83. The zero-order valence-electron chi connectivity index (χ0n) is 17.2. The summed E-state index contributed by atoms with van der Waals surface area (Å²) in [6.45, 7) is -1.03. The molecule has 1 aromatic heterocycles. The van der Waals surface area contributed by atoms with Crippen molar-refractivity contribution >= 4 is 23.5 Å². The van der Waals surface area contributed by atoms with Gasteiger partial charge in [-0.05, 0) is 12.1 Å². The largest absolute Gasteiger partial charge is 0.536 e. The lowest BCUT2D eigenvalue weighted by Gasteiger charge is -2.20. The first-order valence-corrected chi connectivity index (χ1v) is 13.8. The third-order valence-electron chi connectivity index (χ3n) is 4.24. The van der Waals surface area contributed by atoms with E-state index in [0.29, 0.717) is 0 Å². The van der Waals surface area contributed by atoms with Gasteiger partial charge in [0.2, 0.25) is 0 Å². The molecule has 1 aliphatic heterocycles. The molecule has 20 heteroatoms. The third kappa shape index (κ3) is 7.51. The number of H-pyrrole nitrogens is 1. The fourth-order valence-electron chi connectivity index (χ4n) is 2.82. The zero-order valence-corrected chi connectivity index (χ0v) is 19.8. The Bertz CT molecular complexity index is 1300. The van der Waals surface area contributed by atoms with Gasteiger partial charge >= 0.3 is 29.2 Å². The molecule has 1 saturated heterocycles. The van der Waals surface area contributed by atoms with E-state index in [0.717, 1.165) is 16.8 Å². The fourth-order valence-corrected chi connectivity index (χ4v) is 6.34. The Balaban J connectivity index is 1.61. The smallest absolute Gasteiger partial charge is 0.404 e. The minimum atomic E-state index is -5.74. The minimum Gasteiger partial charge on any atom is -0.404 e. The molecule has 0 amide bonds. The molecule has 0 bridgehead atoms. The Kier molecular flexibility index (Phi) is 8.34. The van der Waals surface area contributed by atoms with E-state index in [-0.39, 0.29) is 5.75 Å². The monoisotopic (exact) mass is 560 g/mol. The number of aromatic amines is 1. The second-order valence-corrected chi connectivity index (χ2v) is 11.4. The van der Waals surface area contributed by atoms with Gasteiger partial charge in [-0.2, -0.15) is 8.62 Å². The number of benzene rings is 1. The fraction of sp³-hybridized carbons (Fsp3) is 0.333. The molecule has 35 heavy (non-hydrogen) atoms. The van der Waals surface area contributed by atoms with Crippen molar-refractivity contribution in [3.8, 4) is 5.75 Å².